The zero-order chi connectivity index (χ0) is 18.1. The average Bonchev–Trinajstić information content (AvgIpc) is 3.15. The van der Waals surface area contributed by atoms with Gasteiger partial charge in [-0.15, -0.1) is 0 Å². The van der Waals surface area contributed by atoms with Crippen LogP contribution in [-0.2, 0) is 31.4 Å². The van der Waals surface area contributed by atoms with Gasteiger partial charge in [0.15, 0.2) is 0 Å². The predicted molar refractivity (Wildman–Crippen MR) is 97.5 cm³/mol. The summed E-state index contributed by atoms with van der Waals surface area (Å²) in [5, 5.41) is 0. The first kappa shape index (κ1) is 17.1. The van der Waals surface area contributed by atoms with Crippen molar-refractivity contribution < 1.29 is 9.21 Å². The third kappa shape index (κ3) is 3.46. The molecule has 138 valence electrons. The van der Waals surface area contributed by atoms with E-state index in [4.69, 9.17) is 4.42 Å². The molecule has 0 spiro atoms. The molecule has 1 saturated heterocycles. The molecule has 0 aliphatic carbocycles. The number of furan rings is 1. The van der Waals surface area contributed by atoms with Gasteiger partial charge in [-0.05, 0) is 49.1 Å². The Morgan fingerprint density at radius 2 is 2.19 bits per heavy atom. The third-order valence-corrected chi connectivity index (χ3v) is 5.55. The van der Waals surface area contributed by atoms with E-state index in [1.54, 1.807) is 23.9 Å². The summed E-state index contributed by atoms with van der Waals surface area (Å²) in [6.45, 7) is 3.87. The summed E-state index contributed by atoms with van der Waals surface area (Å²) >= 11 is 0. The van der Waals surface area contributed by atoms with E-state index in [1.165, 1.54) is 0 Å². The van der Waals surface area contributed by atoms with Crippen LogP contribution in [0.25, 0.3) is 0 Å². The second-order valence-electron chi connectivity index (χ2n) is 7.44. The molecule has 4 rings (SSSR count). The Labute approximate surface area is 153 Å². The number of pyridine rings is 1. The highest BCUT2D eigenvalue weighted by atomic mass is 16.3. The van der Waals surface area contributed by atoms with Crippen LogP contribution < -0.4 is 5.56 Å². The lowest BCUT2D eigenvalue weighted by Gasteiger charge is -2.36. The Hall–Kier alpha value is -2.34. The topological polar surface area (TPSA) is 58.7 Å². The minimum atomic E-state index is 0.0179. The standard InChI is InChI=1S/C20H25N3O3/c1-21-11-17-13-23(8-6-15(17)10-19(21)24)20(25)16-4-2-7-22(12-16)14-18-5-3-9-26-18/h3,5,9-11,16H,2,4,6-8,12-14H2,1H3. The van der Waals surface area contributed by atoms with Crippen LogP contribution in [-0.4, -0.2) is 39.9 Å². The first-order valence-corrected chi connectivity index (χ1v) is 9.32. The minimum Gasteiger partial charge on any atom is -0.468 e. The summed E-state index contributed by atoms with van der Waals surface area (Å²) in [5.74, 6) is 1.24. The highest BCUT2D eigenvalue weighted by Crippen LogP contribution is 2.24. The summed E-state index contributed by atoms with van der Waals surface area (Å²) in [5.41, 5.74) is 2.19. The molecule has 1 amide bonds. The van der Waals surface area contributed by atoms with E-state index in [-0.39, 0.29) is 17.4 Å². The summed E-state index contributed by atoms with van der Waals surface area (Å²) < 4.78 is 7.04. The summed E-state index contributed by atoms with van der Waals surface area (Å²) in [7, 11) is 1.76. The number of hydrogen-bond acceptors (Lipinski definition) is 4. The van der Waals surface area contributed by atoms with Crippen LogP contribution in [0, 0.1) is 5.92 Å². The van der Waals surface area contributed by atoms with Crippen LogP contribution in [0.3, 0.4) is 0 Å². The molecule has 0 saturated carbocycles. The fourth-order valence-electron chi connectivity index (χ4n) is 4.11. The second kappa shape index (κ2) is 7.11. The minimum absolute atomic E-state index is 0.0179. The number of carbonyl (C=O) groups is 1. The molecule has 6 nitrogen and oxygen atoms in total. The fourth-order valence-corrected chi connectivity index (χ4v) is 4.11. The zero-order valence-corrected chi connectivity index (χ0v) is 15.2. The number of likely N-dealkylation sites (tertiary alicyclic amines) is 1. The molecule has 6 heteroatoms. The molecular formula is C20H25N3O3. The molecule has 2 aromatic heterocycles. The molecule has 2 aliphatic rings. The number of piperidine rings is 1. The summed E-state index contributed by atoms with van der Waals surface area (Å²) in [6, 6.07) is 5.60. The second-order valence-corrected chi connectivity index (χ2v) is 7.44. The number of carbonyl (C=O) groups excluding carboxylic acids is 1. The molecule has 4 heterocycles. The Bertz CT molecular complexity index is 840. The molecule has 0 bridgehead atoms. The van der Waals surface area contributed by atoms with Gasteiger partial charge in [0.05, 0.1) is 18.7 Å². The molecule has 1 fully saturated rings. The van der Waals surface area contributed by atoms with Gasteiger partial charge in [-0.3, -0.25) is 14.5 Å². The molecule has 1 atom stereocenters. The van der Waals surface area contributed by atoms with Crippen LogP contribution in [0.15, 0.2) is 39.9 Å². The number of amides is 1. The van der Waals surface area contributed by atoms with E-state index >= 15 is 0 Å². The van der Waals surface area contributed by atoms with E-state index in [0.29, 0.717) is 13.1 Å². The fraction of sp³-hybridized carbons (Fsp3) is 0.500. The largest absolute Gasteiger partial charge is 0.468 e. The lowest BCUT2D eigenvalue weighted by molar-refractivity contribution is -0.138. The molecule has 26 heavy (non-hydrogen) atoms. The SMILES string of the molecule is Cn1cc2c(cc1=O)CCN(C(=O)C1CCCN(Cc3ccco3)C1)C2. The lowest BCUT2D eigenvalue weighted by atomic mass is 9.94. The van der Waals surface area contributed by atoms with Gasteiger partial charge in [0.1, 0.15) is 5.76 Å². The van der Waals surface area contributed by atoms with Crippen molar-refractivity contribution in [3.8, 4) is 0 Å². The lowest BCUT2D eigenvalue weighted by Crippen LogP contribution is -2.46. The Morgan fingerprint density at radius 3 is 3.00 bits per heavy atom. The van der Waals surface area contributed by atoms with Gasteiger partial charge in [0.25, 0.3) is 5.56 Å². The van der Waals surface area contributed by atoms with Gasteiger partial charge in [-0.1, -0.05) is 0 Å². The first-order valence-electron chi connectivity index (χ1n) is 9.32. The van der Waals surface area contributed by atoms with Crippen LogP contribution >= 0.6 is 0 Å². The highest BCUT2D eigenvalue weighted by Gasteiger charge is 2.31. The van der Waals surface area contributed by atoms with Crippen molar-refractivity contribution in [2.24, 2.45) is 13.0 Å². The van der Waals surface area contributed by atoms with Gasteiger partial charge < -0.3 is 13.9 Å². The van der Waals surface area contributed by atoms with Crippen LogP contribution in [0.5, 0.6) is 0 Å². The number of hydrogen-bond donors (Lipinski definition) is 0. The van der Waals surface area contributed by atoms with Gasteiger partial charge in [0, 0.05) is 38.9 Å². The zero-order valence-electron chi connectivity index (χ0n) is 15.2. The average molecular weight is 355 g/mol. The van der Waals surface area contributed by atoms with Crippen molar-refractivity contribution in [2.75, 3.05) is 19.6 Å². The van der Waals surface area contributed by atoms with Crippen molar-refractivity contribution in [3.63, 3.8) is 0 Å². The monoisotopic (exact) mass is 355 g/mol. The molecule has 0 radical (unpaired) electrons. The van der Waals surface area contributed by atoms with E-state index in [0.717, 1.165) is 55.8 Å². The molecule has 1 unspecified atom stereocenters. The molecule has 0 N–H and O–H groups in total. The van der Waals surface area contributed by atoms with Gasteiger partial charge in [-0.25, -0.2) is 0 Å². The maximum Gasteiger partial charge on any atom is 0.250 e. The number of aryl methyl sites for hydroxylation is 1. The van der Waals surface area contributed by atoms with Crippen LogP contribution in [0.1, 0.15) is 29.7 Å². The van der Waals surface area contributed by atoms with E-state index in [2.05, 4.69) is 4.90 Å². The smallest absolute Gasteiger partial charge is 0.250 e. The Balaban J connectivity index is 1.42. The molecule has 0 aromatic carbocycles. The Morgan fingerprint density at radius 1 is 1.31 bits per heavy atom. The van der Waals surface area contributed by atoms with Crippen molar-refractivity contribution in [2.45, 2.75) is 32.4 Å². The van der Waals surface area contributed by atoms with Crippen molar-refractivity contribution >= 4 is 5.91 Å². The maximum atomic E-state index is 13.1. The van der Waals surface area contributed by atoms with Crippen molar-refractivity contribution in [1.82, 2.24) is 14.4 Å². The quantitative estimate of drug-likeness (QED) is 0.842. The van der Waals surface area contributed by atoms with E-state index < -0.39 is 0 Å². The maximum absolute atomic E-state index is 13.1. The molecule has 2 aliphatic heterocycles. The van der Waals surface area contributed by atoms with Gasteiger partial charge in [-0.2, -0.15) is 0 Å². The molecule has 2 aromatic rings. The van der Waals surface area contributed by atoms with Gasteiger partial charge >= 0.3 is 0 Å². The van der Waals surface area contributed by atoms with Crippen LogP contribution in [0.4, 0.5) is 0 Å². The first-order chi connectivity index (χ1) is 12.6. The van der Waals surface area contributed by atoms with E-state index in [9.17, 15) is 9.59 Å². The summed E-state index contributed by atoms with van der Waals surface area (Å²) in [4.78, 5) is 29.1. The third-order valence-electron chi connectivity index (χ3n) is 5.55. The Kier molecular flexibility index (Phi) is 4.68. The number of rotatable bonds is 3. The number of aromatic nitrogens is 1. The molecular weight excluding hydrogens is 330 g/mol. The van der Waals surface area contributed by atoms with E-state index in [1.807, 2.05) is 23.2 Å². The van der Waals surface area contributed by atoms with Crippen LogP contribution in [0.2, 0.25) is 0 Å². The van der Waals surface area contributed by atoms with Crippen molar-refractivity contribution in [1.29, 1.82) is 0 Å². The predicted octanol–water partition coefficient (Wildman–Crippen LogP) is 1.78. The normalized spacial score (nSPS) is 20.8. The summed E-state index contributed by atoms with van der Waals surface area (Å²) in [6.07, 6.45) is 6.32. The number of nitrogens with zero attached hydrogens (tertiary/aromatic N) is 3. The van der Waals surface area contributed by atoms with Gasteiger partial charge in [0.2, 0.25) is 5.91 Å². The number of fused-ring (bicyclic) bond motifs is 1. The highest BCUT2D eigenvalue weighted by molar-refractivity contribution is 5.79. The van der Waals surface area contributed by atoms with Crippen molar-refractivity contribution in [3.05, 3.63) is 57.9 Å².